The number of rotatable bonds is 4. The van der Waals surface area contributed by atoms with Crippen LogP contribution in [0.25, 0.3) is 0 Å². The first-order valence-corrected chi connectivity index (χ1v) is 6.31. The summed E-state index contributed by atoms with van der Waals surface area (Å²) in [6, 6.07) is 7.56. The second kappa shape index (κ2) is 5.65. The van der Waals surface area contributed by atoms with Gasteiger partial charge in [0.1, 0.15) is 5.75 Å². The van der Waals surface area contributed by atoms with Gasteiger partial charge in [0.05, 0.1) is 12.8 Å². The van der Waals surface area contributed by atoms with Gasteiger partial charge in [-0.15, -0.1) is 0 Å². The molecule has 0 aliphatic rings. The Hall–Kier alpha value is -2.16. The third-order valence-corrected chi connectivity index (χ3v) is 2.77. The summed E-state index contributed by atoms with van der Waals surface area (Å²) in [4.78, 5) is 16.5. The summed E-state index contributed by atoms with van der Waals surface area (Å²) in [6.45, 7) is 6.43. The molecule has 0 fully saturated rings. The van der Waals surface area contributed by atoms with Crippen LogP contribution in [0.15, 0.2) is 36.7 Å². The van der Waals surface area contributed by atoms with Crippen molar-refractivity contribution in [3.05, 3.63) is 58.9 Å². The molecular formula is C16H17NO2. The van der Waals surface area contributed by atoms with Gasteiger partial charge in [-0.05, 0) is 39.0 Å². The molecule has 0 atom stereocenters. The quantitative estimate of drug-likeness (QED) is 0.787. The molecule has 1 aromatic carbocycles. The molecule has 2 rings (SSSR count). The van der Waals surface area contributed by atoms with Crippen molar-refractivity contribution in [2.24, 2.45) is 0 Å². The van der Waals surface area contributed by atoms with Gasteiger partial charge < -0.3 is 4.74 Å². The fourth-order valence-corrected chi connectivity index (χ4v) is 2.06. The predicted octanol–water partition coefficient (Wildman–Crippen LogP) is 3.33. The lowest BCUT2D eigenvalue weighted by Gasteiger charge is -2.06. The van der Waals surface area contributed by atoms with E-state index < -0.39 is 0 Å². The fourth-order valence-electron chi connectivity index (χ4n) is 2.06. The minimum atomic E-state index is -0.0270. The van der Waals surface area contributed by atoms with Crippen LogP contribution in [-0.2, 0) is 0 Å². The van der Waals surface area contributed by atoms with Gasteiger partial charge in [0.25, 0.3) is 0 Å². The number of hydrogen-bond acceptors (Lipinski definition) is 3. The van der Waals surface area contributed by atoms with Gasteiger partial charge in [0.2, 0.25) is 0 Å². The maximum atomic E-state index is 12.4. The Labute approximate surface area is 113 Å². The van der Waals surface area contributed by atoms with Crippen molar-refractivity contribution in [1.82, 2.24) is 4.98 Å². The Morgan fingerprint density at radius 2 is 1.74 bits per heavy atom. The molecule has 0 radical (unpaired) electrons. The second-order valence-corrected chi connectivity index (χ2v) is 4.55. The Balaban J connectivity index is 2.35. The number of pyridine rings is 1. The minimum absolute atomic E-state index is 0.0270. The number of ketones is 1. The van der Waals surface area contributed by atoms with Gasteiger partial charge >= 0.3 is 0 Å². The van der Waals surface area contributed by atoms with Crippen molar-refractivity contribution in [3.63, 3.8) is 0 Å². The summed E-state index contributed by atoms with van der Waals surface area (Å²) in [7, 11) is 0. The van der Waals surface area contributed by atoms with Gasteiger partial charge in [-0.1, -0.05) is 17.2 Å². The molecule has 0 saturated heterocycles. The van der Waals surface area contributed by atoms with Crippen molar-refractivity contribution in [1.29, 1.82) is 0 Å². The van der Waals surface area contributed by atoms with Crippen LogP contribution in [0.2, 0.25) is 0 Å². The third-order valence-electron chi connectivity index (χ3n) is 2.77. The van der Waals surface area contributed by atoms with E-state index in [2.05, 4.69) is 4.98 Å². The average molecular weight is 255 g/mol. The first-order valence-electron chi connectivity index (χ1n) is 6.31. The lowest BCUT2D eigenvalue weighted by molar-refractivity contribution is 0.103. The molecule has 98 valence electrons. The summed E-state index contributed by atoms with van der Waals surface area (Å²) in [5, 5.41) is 0. The number of nitrogens with zero attached hydrogens (tertiary/aromatic N) is 1. The smallest absolute Gasteiger partial charge is 0.194 e. The number of ether oxygens (including phenoxy) is 1. The summed E-state index contributed by atoms with van der Waals surface area (Å²) in [6.07, 6.45) is 3.18. The van der Waals surface area contributed by atoms with E-state index in [0.29, 0.717) is 23.5 Å². The highest BCUT2D eigenvalue weighted by atomic mass is 16.5. The monoisotopic (exact) mass is 255 g/mol. The molecule has 0 N–H and O–H groups in total. The van der Waals surface area contributed by atoms with E-state index in [-0.39, 0.29) is 5.78 Å². The number of hydrogen-bond donors (Lipinski definition) is 0. The number of carbonyl (C=O) groups is 1. The van der Waals surface area contributed by atoms with E-state index in [9.17, 15) is 4.79 Å². The number of carbonyl (C=O) groups excluding carboxylic acids is 1. The van der Waals surface area contributed by atoms with Crippen LogP contribution in [0.5, 0.6) is 5.75 Å². The van der Waals surface area contributed by atoms with Crippen LogP contribution < -0.4 is 4.74 Å². The van der Waals surface area contributed by atoms with E-state index in [1.54, 1.807) is 18.5 Å². The standard InChI is InChI=1S/C16H17NO2/c1-4-19-15-8-14(9-17-10-15)16(18)13-6-11(2)5-12(3)7-13/h5-10H,4H2,1-3H3. The molecular weight excluding hydrogens is 238 g/mol. The largest absolute Gasteiger partial charge is 0.492 e. The van der Waals surface area contributed by atoms with E-state index in [1.807, 2.05) is 39.0 Å². The van der Waals surface area contributed by atoms with Crippen molar-refractivity contribution in [2.45, 2.75) is 20.8 Å². The zero-order chi connectivity index (χ0) is 13.8. The van der Waals surface area contributed by atoms with E-state index in [0.717, 1.165) is 11.1 Å². The Bertz CT molecular complexity index is 585. The molecule has 2 aromatic rings. The summed E-state index contributed by atoms with van der Waals surface area (Å²) >= 11 is 0. The molecule has 0 aliphatic carbocycles. The molecule has 3 heteroatoms. The Morgan fingerprint density at radius 3 is 2.37 bits per heavy atom. The molecule has 0 unspecified atom stereocenters. The SMILES string of the molecule is CCOc1cncc(C(=O)c2cc(C)cc(C)c2)c1. The van der Waals surface area contributed by atoms with Crippen LogP contribution in [0.4, 0.5) is 0 Å². The second-order valence-electron chi connectivity index (χ2n) is 4.55. The molecule has 0 saturated carbocycles. The summed E-state index contributed by atoms with van der Waals surface area (Å²) in [5.74, 6) is 0.596. The van der Waals surface area contributed by atoms with Crippen LogP contribution in [0, 0.1) is 13.8 Å². The lowest BCUT2D eigenvalue weighted by Crippen LogP contribution is -2.04. The molecule has 1 aromatic heterocycles. The topological polar surface area (TPSA) is 39.2 Å². The number of aromatic nitrogens is 1. The maximum Gasteiger partial charge on any atom is 0.194 e. The highest BCUT2D eigenvalue weighted by molar-refractivity contribution is 6.09. The van der Waals surface area contributed by atoms with Crippen LogP contribution in [-0.4, -0.2) is 17.4 Å². The highest BCUT2D eigenvalue weighted by Crippen LogP contribution is 2.17. The molecule has 0 bridgehead atoms. The van der Waals surface area contributed by atoms with Gasteiger partial charge in [0.15, 0.2) is 5.78 Å². The average Bonchev–Trinajstić information content (AvgIpc) is 2.37. The van der Waals surface area contributed by atoms with Crippen molar-refractivity contribution >= 4 is 5.78 Å². The first kappa shape index (κ1) is 13.3. The molecule has 0 amide bonds. The molecule has 0 aliphatic heterocycles. The summed E-state index contributed by atoms with van der Waals surface area (Å²) in [5.41, 5.74) is 3.40. The molecule has 1 heterocycles. The van der Waals surface area contributed by atoms with Gasteiger partial charge in [-0.25, -0.2) is 0 Å². The first-order chi connectivity index (χ1) is 9.10. The number of aryl methyl sites for hydroxylation is 2. The van der Waals surface area contributed by atoms with Gasteiger partial charge in [0, 0.05) is 17.3 Å². The van der Waals surface area contributed by atoms with Gasteiger partial charge in [-0.2, -0.15) is 0 Å². The minimum Gasteiger partial charge on any atom is -0.492 e. The highest BCUT2D eigenvalue weighted by Gasteiger charge is 2.11. The van der Waals surface area contributed by atoms with E-state index in [4.69, 9.17) is 4.74 Å². The fraction of sp³-hybridized carbons (Fsp3) is 0.250. The normalized spacial score (nSPS) is 10.3. The Kier molecular flexibility index (Phi) is 3.95. The summed E-state index contributed by atoms with van der Waals surface area (Å²) < 4.78 is 5.37. The van der Waals surface area contributed by atoms with E-state index in [1.165, 1.54) is 0 Å². The zero-order valence-corrected chi connectivity index (χ0v) is 11.4. The Morgan fingerprint density at radius 1 is 1.05 bits per heavy atom. The van der Waals surface area contributed by atoms with Crippen molar-refractivity contribution in [2.75, 3.05) is 6.61 Å². The third kappa shape index (κ3) is 3.19. The predicted molar refractivity (Wildman–Crippen MR) is 74.8 cm³/mol. The number of benzene rings is 1. The van der Waals surface area contributed by atoms with Crippen molar-refractivity contribution < 1.29 is 9.53 Å². The van der Waals surface area contributed by atoms with Gasteiger partial charge in [-0.3, -0.25) is 9.78 Å². The zero-order valence-electron chi connectivity index (χ0n) is 11.4. The van der Waals surface area contributed by atoms with Crippen LogP contribution in [0.3, 0.4) is 0 Å². The van der Waals surface area contributed by atoms with Crippen molar-refractivity contribution in [3.8, 4) is 5.75 Å². The molecule has 0 spiro atoms. The maximum absolute atomic E-state index is 12.4. The molecule has 19 heavy (non-hydrogen) atoms. The molecule has 3 nitrogen and oxygen atoms in total. The van der Waals surface area contributed by atoms with E-state index >= 15 is 0 Å². The van der Waals surface area contributed by atoms with Crippen LogP contribution >= 0.6 is 0 Å². The lowest BCUT2D eigenvalue weighted by atomic mass is 10.0. The van der Waals surface area contributed by atoms with Crippen LogP contribution in [0.1, 0.15) is 34.0 Å².